The minimum absolute atomic E-state index is 0.0347. The molecule has 0 fully saturated rings. The van der Waals surface area contributed by atoms with Crippen molar-refractivity contribution in [2.24, 2.45) is 9.98 Å². The van der Waals surface area contributed by atoms with Crippen LogP contribution in [-0.4, -0.2) is 59.3 Å². The van der Waals surface area contributed by atoms with Gasteiger partial charge in [0.1, 0.15) is 6.54 Å². The van der Waals surface area contributed by atoms with Crippen LogP contribution in [0.5, 0.6) is 0 Å². The van der Waals surface area contributed by atoms with Gasteiger partial charge in [-0.25, -0.2) is 4.79 Å². The first-order valence-electron chi connectivity index (χ1n) is 15.4. The summed E-state index contributed by atoms with van der Waals surface area (Å²) in [6.45, 7) is 5.98. The first-order chi connectivity index (χ1) is 23.0. The van der Waals surface area contributed by atoms with Crippen molar-refractivity contribution in [3.63, 3.8) is 0 Å². The molecule has 240 valence electrons. The van der Waals surface area contributed by atoms with Crippen LogP contribution in [0.25, 0.3) is 0 Å². The third kappa shape index (κ3) is 10.7. The van der Waals surface area contributed by atoms with Gasteiger partial charge < -0.3 is 14.0 Å². The summed E-state index contributed by atoms with van der Waals surface area (Å²) in [5.74, 6) is 0.146. The van der Waals surface area contributed by atoms with Crippen molar-refractivity contribution in [3.05, 3.63) is 155 Å². The molecule has 4 aromatic carbocycles. The number of carbonyl (C=O) groups excluding carboxylic acids is 2. The molecule has 1 aromatic heterocycles. The van der Waals surface area contributed by atoms with Crippen LogP contribution in [-0.2, 0) is 25.5 Å². The molecule has 0 spiro atoms. The predicted molar refractivity (Wildman–Crippen MR) is 182 cm³/mol. The molecular weight excluding hydrogens is 592 g/mol. The monoisotopic (exact) mass is 630 g/mol. The highest BCUT2D eigenvalue weighted by Crippen LogP contribution is 2.15. The Morgan fingerprint density at radius 3 is 1.53 bits per heavy atom. The van der Waals surface area contributed by atoms with Gasteiger partial charge in [-0.05, 0) is 20.8 Å². The van der Waals surface area contributed by atoms with E-state index >= 15 is 0 Å². The Labute approximate surface area is 275 Å². The number of hydrogen-bond acceptors (Lipinski definition) is 9. The van der Waals surface area contributed by atoms with Crippen LogP contribution in [0, 0.1) is 6.92 Å². The second-order valence-corrected chi connectivity index (χ2v) is 10.1. The topological polar surface area (TPSA) is 116 Å². The molecule has 9 heteroatoms. The van der Waals surface area contributed by atoms with E-state index in [1.807, 2.05) is 121 Å². The molecule has 0 aliphatic heterocycles. The third-order valence-electron chi connectivity index (χ3n) is 6.64. The summed E-state index contributed by atoms with van der Waals surface area (Å²) in [6, 6.07) is 38.4. The second kappa shape index (κ2) is 18.3. The van der Waals surface area contributed by atoms with Crippen molar-refractivity contribution in [2.75, 3.05) is 19.8 Å². The zero-order chi connectivity index (χ0) is 33.3. The van der Waals surface area contributed by atoms with Gasteiger partial charge in [0.15, 0.2) is 11.9 Å². The van der Waals surface area contributed by atoms with Crippen LogP contribution in [0.4, 0.5) is 0 Å². The summed E-state index contributed by atoms with van der Waals surface area (Å²) >= 11 is 0. The third-order valence-corrected chi connectivity index (χ3v) is 6.64. The molecule has 1 atom stereocenters. The molecule has 5 rings (SSSR count). The molecule has 0 saturated carbocycles. The molecule has 47 heavy (non-hydrogen) atoms. The molecule has 9 nitrogen and oxygen atoms in total. The van der Waals surface area contributed by atoms with E-state index in [1.54, 1.807) is 20.8 Å². The lowest BCUT2D eigenvalue weighted by Gasteiger charge is -2.14. The van der Waals surface area contributed by atoms with E-state index in [4.69, 9.17) is 19.0 Å². The lowest BCUT2D eigenvalue weighted by molar-refractivity contribution is -0.144. The van der Waals surface area contributed by atoms with E-state index in [9.17, 15) is 9.59 Å². The number of benzene rings is 4. The Morgan fingerprint density at radius 2 is 1.13 bits per heavy atom. The average molecular weight is 631 g/mol. The highest BCUT2D eigenvalue weighted by molar-refractivity contribution is 6.14. The lowest BCUT2D eigenvalue weighted by Crippen LogP contribution is -2.26. The number of nitrogens with zero attached hydrogens (tertiary/aromatic N) is 4. The quantitative estimate of drug-likeness (QED) is 0.114. The highest BCUT2D eigenvalue weighted by Gasteiger charge is 2.24. The summed E-state index contributed by atoms with van der Waals surface area (Å²) in [7, 11) is 0. The second-order valence-electron chi connectivity index (χ2n) is 10.1. The van der Waals surface area contributed by atoms with Gasteiger partial charge in [0.2, 0.25) is 5.89 Å². The van der Waals surface area contributed by atoms with Crippen molar-refractivity contribution in [3.8, 4) is 0 Å². The number of carbonyl (C=O) groups is 2. The van der Waals surface area contributed by atoms with Gasteiger partial charge in [-0.3, -0.25) is 14.8 Å². The Hall–Kier alpha value is -5.70. The number of rotatable bonds is 12. The molecule has 1 unspecified atom stereocenters. The standard InChI is InChI=1S/C21H21N3O3.C17H17NO2/c1-3-26-21(25)18(14-19-22-15(2)24-27-19)23-20(16-10-6-4-7-11-16)17-12-8-5-9-13-17;1-2-20-16(19)13-18-17(14-9-5-3-6-10-14)15-11-7-4-8-12-15/h4-13,18H,3,14H2,1-2H3;3-12H,2,13H2,1H3. The minimum Gasteiger partial charge on any atom is -0.465 e. The highest BCUT2D eigenvalue weighted by atomic mass is 16.5. The van der Waals surface area contributed by atoms with Crippen LogP contribution in [0.15, 0.2) is 136 Å². The summed E-state index contributed by atoms with van der Waals surface area (Å²) in [4.78, 5) is 37.4. The molecule has 0 amide bonds. The number of aryl methyl sites for hydroxylation is 1. The van der Waals surface area contributed by atoms with Crippen molar-refractivity contribution in [1.29, 1.82) is 0 Å². The first kappa shape index (κ1) is 34.2. The number of ether oxygens (including phenoxy) is 2. The van der Waals surface area contributed by atoms with Gasteiger partial charge >= 0.3 is 11.9 Å². The molecule has 1 heterocycles. The zero-order valence-electron chi connectivity index (χ0n) is 26.8. The smallest absolute Gasteiger partial charge is 0.331 e. The molecule has 0 bridgehead atoms. The summed E-state index contributed by atoms with van der Waals surface area (Å²) in [5.41, 5.74) is 5.33. The van der Waals surface area contributed by atoms with E-state index < -0.39 is 12.0 Å². The number of aliphatic imine (C=N–C) groups is 2. The zero-order valence-corrected chi connectivity index (χ0v) is 26.8. The van der Waals surface area contributed by atoms with Gasteiger partial charge in [-0.2, -0.15) is 4.98 Å². The molecule has 0 radical (unpaired) electrons. The Morgan fingerprint density at radius 1 is 0.681 bits per heavy atom. The van der Waals surface area contributed by atoms with Crippen LogP contribution in [0.2, 0.25) is 0 Å². The van der Waals surface area contributed by atoms with Crippen LogP contribution in [0.3, 0.4) is 0 Å². The molecule has 0 saturated heterocycles. The van der Waals surface area contributed by atoms with E-state index in [0.717, 1.165) is 28.0 Å². The Bertz CT molecular complexity index is 1660. The van der Waals surface area contributed by atoms with Gasteiger partial charge in [0, 0.05) is 22.3 Å². The Balaban J connectivity index is 0.000000223. The largest absolute Gasteiger partial charge is 0.465 e. The van der Waals surface area contributed by atoms with Gasteiger partial charge in [0.05, 0.1) is 31.1 Å². The van der Waals surface area contributed by atoms with E-state index in [0.29, 0.717) is 24.0 Å². The molecule has 0 aliphatic carbocycles. The fourth-order valence-corrected chi connectivity index (χ4v) is 4.56. The van der Waals surface area contributed by atoms with E-state index in [2.05, 4.69) is 15.1 Å². The maximum absolute atomic E-state index is 12.5. The fourth-order valence-electron chi connectivity index (χ4n) is 4.56. The minimum atomic E-state index is -0.778. The SMILES string of the molecule is CCOC(=O)C(Cc1nc(C)no1)N=C(c1ccccc1)c1ccccc1.CCOC(=O)CN=C(c1ccccc1)c1ccccc1. The Kier molecular flexibility index (Phi) is 13.3. The van der Waals surface area contributed by atoms with E-state index in [-0.39, 0.29) is 25.5 Å². The van der Waals surface area contributed by atoms with Crippen molar-refractivity contribution < 1.29 is 23.6 Å². The van der Waals surface area contributed by atoms with Crippen LogP contribution in [0.1, 0.15) is 47.8 Å². The normalized spacial score (nSPS) is 10.9. The van der Waals surface area contributed by atoms with E-state index in [1.165, 1.54) is 0 Å². The summed E-state index contributed by atoms with van der Waals surface area (Å²) < 4.78 is 15.3. The van der Waals surface area contributed by atoms with Crippen LogP contribution < -0.4 is 0 Å². The van der Waals surface area contributed by atoms with Crippen molar-refractivity contribution in [2.45, 2.75) is 33.2 Å². The van der Waals surface area contributed by atoms with Crippen molar-refractivity contribution >= 4 is 23.4 Å². The van der Waals surface area contributed by atoms with Crippen LogP contribution >= 0.6 is 0 Å². The fraction of sp³-hybridized carbons (Fsp3) is 0.211. The molecular formula is C38H38N4O5. The van der Waals surface area contributed by atoms with Gasteiger partial charge in [-0.15, -0.1) is 0 Å². The molecule has 5 aromatic rings. The number of esters is 2. The number of hydrogen-bond donors (Lipinski definition) is 0. The van der Waals surface area contributed by atoms with Gasteiger partial charge in [-0.1, -0.05) is 126 Å². The summed E-state index contributed by atoms with van der Waals surface area (Å²) in [6.07, 6.45) is 0.183. The molecule has 0 aliphatic rings. The first-order valence-corrected chi connectivity index (χ1v) is 15.4. The van der Waals surface area contributed by atoms with Crippen molar-refractivity contribution in [1.82, 2.24) is 10.1 Å². The lowest BCUT2D eigenvalue weighted by atomic mass is 10.0. The maximum atomic E-state index is 12.5. The van der Waals surface area contributed by atoms with Gasteiger partial charge in [0.25, 0.3) is 0 Å². The summed E-state index contributed by atoms with van der Waals surface area (Å²) in [5, 5.41) is 3.78. The number of aromatic nitrogens is 2. The average Bonchev–Trinajstić information content (AvgIpc) is 3.53. The predicted octanol–water partition coefficient (Wildman–Crippen LogP) is 6.48. The maximum Gasteiger partial charge on any atom is 0.331 e. The molecule has 0 N–H and O–H groups in total.